The maximum Gasteiger partial charge on any atom is 0.342 e. The van der Waals surface area contributed by atoms with E-state index in [2.05, 4.69) is 0 Å². The van der Waals surface area contributed by atoms with Crippen molar-refractivity contribution in [3.05, 3.63) is 39.7 Å². The van der Waals surface area contributed by atoms with E-state index >= 15 is 0 Å². The summed E-state index contributed by atoms with van der Waals surface area (Å²) in [6.07, 6.45) is 0. The van der Waals surface area contributed by atoms with Gasteiger partial charge in [-0.15, -0.1) is 0 Å². The van der Waals surface area contributed by atoms with Crippen LogP contribution in [0.2, 0.25) is 0 Å². The van der Waals surface area contributed by atoms with E-state index in [1.165, 1.54) is 0 Å². The van der Waals surface area contributed by atoms with E-state index in [0.29, 0.717) is 6.07 Å². The molecular formula is C8H8FNO5. The molecule has 15 heavy (non-hydrogen) atoms. The van der Waals surface area contributed by atoms with Crippen LogP contribution in [0.25, 0.3) is 0 Å². The normalized spacial score (nSPS) is 8.73. The zero-order valence-corrected chi connectivity index (χ0v) is 7.68. The van der Waals surface area contributed by atoms with Crippen LogP contribution in [-0.2, 0) is 0 Å². The number of nitrogens with zero attached hydrogens (tertiary/aromatic N) is 1. The highest BCUT2D eigenvalue weighted by atomic mass is 19.1. The van der Waals surface area contributed by atoms with Crippen molar-refractivity contribution in [2.45, 2.75) is 0 Å². The van der Waals surface area contributed by atoms with Crippen LogP contribution in [0.1, 0.15) is 10.4 Å². The van der Waals surface area contributed by atoms with Crippen LogP contribution in [0.4, 0.5) is 10.1 Å². The number of rotatable bonds is 2. The lowest BCUT2D eigenvalue weighted by atomic mass is 10.2. The van der Waals surface area contributed by atoms with Crippen molar-refractivity contribution < 1.29 is 24.3 Å². The van der Waals surface area contributed by atoms with Crippen LogP contribution in [0.5, 0.6) is 0 Å². The van der Waals surface area contributed by atoms with Gasteiger partial charge in [-0.25, -0.2) is 9.18 Å². The number of nitro benzene ring substituents is 1. The van der Waals surface area contributed by atoms with Crippen molar-refractivity contribution in [3.8, 4) is 0 Å². The third kappa shape index (κ3) is 3.31. The fourth-order valence-electron chi connectivity index (χ4n) is 0.839. The predicted molar refractivity (Wildman–Crippen MR) is 48.2 cm³/mol. The second-order valence-electron chi connectivity index (χ2n) is 2.22. The van der Waals surface area contributed by atoms with Gasteiger partial charge in [-0.1, -0.05) is 0 Å². The number of hydrogen-bond donors (Lipinski definition) is 2. The maximum absolute atomic E-state index is 12.5. The van der Waals surface area contributed by atoms with Crippen molar-refractivity contribution in [1.29, 1.82) is 0 Å². The molecule has 6 nitrogen and oxygen atoms in total. The van der Waals surface area contributed by atoms with Crippen molar-refractivity contribution in [1.82, 2.24) is 0 Å². The quantitative estimate of drug-likeness (QED) is 0.569. The molecule has 0 spiro atoms. The van der Waals surface area contributed by atoms with Crippen LogP contribution >= 0.6 is 0 Å². The summed E-state index contributed by atoms with van der Waals surface area (Å²) in [6, 6.07) is 2.27. The zero-order valence-electron chi connectivity index (χ0n) is 7.68. The molecule has 0 unspecified atom stereocenters. The fourth-order valence-corrected chi connectivity index (χ4v) is 0.839. The van der Waals surface area contributed by atoms with E-state index in [1.807, 2.05) is 0 Å². The Hall–Kier alpha value is -2.02. The second-order valence-corrected chi connectivity index (χ2v) is 2.22. The lowest BCUT2D eigenvalue weighted by Gasteiger charge is -1.96. The Morgan fingerprint density at radius 1 is 1.47 bits per heavy atom. The molecule has 0 atom stereocenters. The van der Waals surface area contributed by atoms with Gasteiger partial charge in [0.15, 0.2) is 0 Å². The predicted octanol–water partition coefficient (Wildman–Crippen LogP) is 1.04. The smallest absolute Gasteiger partial charge is 0.342 e. The Morgan fingerprint density at radius 2 is 2.00 bits per heavy atom. The average molecular weight is 217 g/mol. The molecule has 1 aromatic carbocycles. The first kappa shape index (κ1) is 13.0. The lowest BCUT2D eigenvalue weighted by Crippen LogP contribution is -2.02. The molecule has 82 valence electrons. The summed E-state index contributed by atoms with van der Waals surface area (Å²) in [5, 5.41) is 25.7. The Labute approximate surface area is 83.7 Å². The summed E-state index contributed by atoms with van der Waals surface area (Å²) in [5.41, 5.74) is -1.26. The van der Waals surface area contributed by atoms with Gasteiger partial charge in [0.1, 0.15) is 11.4 Å². The SMILES string of the molecule is CO.O=C(O)c1cc(F)ccc1[N+](=O)[O-]. The molecule has 1 rings (SSSR count). The summed E-state index contributed by atoms with van der Waals surface area (Å²) in [6.45, 7) is 0. The Balaban J connectivity index is 0.000000921. The minimum absolute atomic E-state index is 0.612. The molecule has 2 N–H and O–H groups in total. The summed E-state index contributed by atoms with van der Waals surface area (Å²) >= 11 is 0. The zero-order chi connectivity index (χ0) is 12.0. The average Bonchev–Trinajstić information content (AvgIpc) is 2.20. The Kier molecular flexibility index (Phi) is 4.89. The van der Waals surface area contributed by atoms with E-state index in [4.69, 9.17) is 10.2 Å². The van der Waals surface area contributed by atoms with Gasteiger partial charge in [-0.05, 0) is 12.1 Å². The first-order valence-corrected chi connectivity index (χ1v) is 3.64. The minimum Gasteiger partial charge on any atom is -0.477 e. The molecule has 0 amide bonds. The monoisotopic (exact) mass is 217 g/mol. The third-order valence-corrected chi connectivity index (χ3v) is 1.39. The van der Waals surface area contributed by atoms with E-state index in [1.54, 1.807) is 0 Å². The molecule has 0 fully saturated rings. The summed E-state index contributed by atoms with van der Waals surface area (Å²) in [5.74, 6) is -2.34. The first-order valence-electron chi connectivity index (χ1n) is 3.64. The third-order valence-electron chi connectivity index (χ3n) is 1.39. The number of aliphatic hydroxyl groups excluding tert-OH is 1. The molecule has 0 bridgehead atoms. The van der Waals surface area contributed by atoms with E-state index in [-0.39, 0.29) is 0 Å². The largest absolute Gasteiger partial charge is 0.477 e. The Bertz CT molecular complexity index is 379. The lowest BCUT2D eigenvalue weighted by molar-refractivity contribution is -0.385. The molecule has 0 aliphatic rings. The summed E-state index contributed by atoms with van der Waals surface area (Å²) < 4.78 is 12.5. The van der Waals surface area contributed by atoms with Crippen molar-refractivity contribution in [3.63, 3.8) is 0 Å². The molecule has 0 radical (unpaired) electrons. The fraction of sp³-hybridized carbons (Fsp3) is 0.125. The van der Waals surface area contributed by atoms with Gasteiger partial charge in [0, 0.05) is 13.2 Å². The van der Waals surface area contributed by atoms with E-state index in [9.17, 15) is 19.3 Å². The molecule has 0 saturated carbocycles. The van der Waals surface area contributed by atoms with Crippen LogP contribution < -0.4 is 0 Å². The molecule has 7 heteroatoms. The highest BCUT2D eigenvalue weighted by molar-refractivity contribution is 5.92. The molecule has 1 aromatic rings. The number of carboxylic acid groups (broad SMARTS) is 1. The summed E-state index contributed by atoms with van der Waals surface area (Å²) in [4.78, 5) is 19.8. The van der Waals surface area contributed by atoms with Gasteiger partial charge in [0.2, 0.25) is 0 Å². The van der Waals surface area contributed by atoms with Crippen molar-refractivity contribution in [2.24, 2.45) is 0 Å². The van der Waals surface area contributed by atoms with Gasteiger partial charge in [0.05, 0.1) is 4.92 Å². The highest BCUT2D eigenvalue weighted by Gasteiger charge is 2.19. The number of hydrogen-bond acceptors (Lipinski definition) is 4. The van der Waals surface area contributed by atoms with Crippen LogP contribution in [0.15, 0.2) is 18.2 Å². The number of benzene rings is 1. The number of halogens is 1. The molecule has 0 aromatic heterocycles. The number of aromatic carboxylic acids is 1. The van der Waals surface area contributed by atoms with Crippen LogP contribution in [0.3, 0.4) is 0 Å². The van der Waals surface area contributed by atoms with Gasteiger partial charge >= 0.3 is 5.97 Å². The molecular weight excluding hydrogens is 209 g/mol. The van der Waals surface area contributed by atoms with E-state index < -0.39 is 28.0 Å². The number of aliphatic hydroxyl groups is 1. The van der Waals surface area contributed by atoms with Crippen LogP contribution in [-0.4, -0.2) is 28.2 Å². The number of nitro groups is 1. The first-order chi connectivity index (χ1) is 7.02. The van der Waals surface area contributed by atoms with Gasteiger partial charge in [-0.3, -0.25) is 10.1 Å². The summed E-state index contributed by atoms with van der Waals surface area (Å²) in [7, 11) is 1.00. The van der Waals surface area contributed by atoms with Crippen molar-refractivity contribution in [2.75, 3.05) is 7.11 Å². The van der Waals surface area contributed by atoms with Gasteiger partial charge in [-0.2, -0.15) is 0 Å². The molecule has 0 aliphatic heterocycles. The molecule has 0 aliphatic carbocycles. The van der Waals surface area contributed by atoms with Crippen molar-refractivity contribution >= 4 is 11.7 Å². The standard InChI is InChI=1S/C7H4FNO4.CH4O/c8-4-1-2-6(9(12)13)5(3-4)7(10)11;1-2/h1-3H,(H,10,11);2H,1H3. The second kappa shape index (κ2) is 5.66. The topological polar surface area (TPSA) is 101 Å². The molecule has 0 saturated heterocycles. The van der Waals surface area contributed by atoms with Gasteiger partial charge < -0.3 is 10.2 Å². The highest BCUT2D eigenvalue weighted by Crippen LogP contribution is 2.18. The maximum atomic E-state index is 12.5. The van der Waals surface area contributed by atoms with Crippen LogP contribution in [0, 0.1) is 15.9 Å². The molecule has 0 heterocycles. The Morgan fingerprint density at radius 3 is 2.40 bits per heavy atom. The van der Waals surface area contributed by atoms with Gasteiger partial charge in [0.25, 0.3) is 5.69 Å². The minimum atomic E-state index is -1.52. The van der Waals surface area contributed by atoms with E-state index in [0.717, 1.165) is 19.2 Å². The number of carbonyl (C=O) groups is 1. The number of carboxylic acids is 1.